The molecule has 4 aliphatic rings. The van der Waals surface area contributed by atoms with E-state index in [1.165, 1.54) is 30.3 Å². The van der Waals surface area contributed by atoms with E-state index in [-0.39, 0.29) is 51.9 Å². The Bertz CT molecular complexity index is 1950. The van der Waals surface area contributed by atoms with Crippen LogP contribution in [-0.4, -0.2) is 92.7 Å². The van der Waals surface area contributed by atoms with Crippen molar-refractivity contribution in [2.24, 2.45) is 5.16 Å². The zero-order valence-corrected chi connectivity index (χ0v) is 29.1. The number of carbonyl (C=O) groups is 3. The molecule has 0 radical (unpaired) electrons. The smallest absolute Gasteiger partial charge is 0.276 e. The van der Waals surface area contributed by atoms with Crippen LogP contribution in [0.5, 0.6) is 0 Å². The van der Waals surface area contributed by atoms with Gasteiger partial charge < -0.3 is 35.6 Å². The lowest BCUT2D eigenvalue weighted by Gasteiger charge is -2.50. The van der Waals surface area contributed by atoms with Crippen LogP contribution in [0.1, 0.15) is 29.7 Å². The summed E-state index contributed by atoms with van der Waals surface area (Å²) in [4.78, 5) is 52.7. The molecule has 2 fully saturated rings. The summed E-state index contributed by atoms with van der Waals surface area (Å²) >= 11 is 9.00. The lowest BCUT2D eigenvalue weighted by Crippen LogP contribution is -2.71. The first-order valence-corrected chi connectivity index (χ1v) is 18.0. The third kappa shape index (κ3) is 6.04. The molecule has 2 aromatic heterocycles. The summed E-state index contributed by atoms with van der Waals surface area (Å²) in [5, 5.41) is 28.6. The van der Waals surface area contributed by atoms with Gasteiger partial charge in [0.05, 0.1) is 24.3 Å². The second kappa shape index (κ2) is 13.6. The van der Waals surface area contributed by atoms with E-state index in [2.05, 4.69) is 15.5 Å². The summed E-state index contributed by atoms with van der Waals surface area (Å²) in [5.74, 6) is -1.96. The maximum absolute atomic E-state index is 15.4. The number of β-lactam (4-membered cyclic amide) rings is 1. The van der Waals surface area contributed by atoms with E-state index in [0.717, 1.165) is 48.0 Å². The predicted molar refractivity (Wildman–Crippen MR) is 182 cm³/mol. The summed E-state index contributed by atoms with van der Waals surface area (Å²) in [6, 6.07) is 3.88. The van der Waals surface area contributed by atoms with Crippen LogP contribution in [0.15, 0.2) is 46.2 Å². The van der Waals surface area contributed by atoms with Crippen LogP contribution in [-0.2, 0) is 38.9 Å². The normalized spacial score (nSPS) is 20.2. The van der Waals surface area contributed by atoms with E-state index in [4.69, 9.17) is 27.6 Å². The lowest BCUT2D eigenvalue weighted by molar-refractivity contribution is -0.766. The topological polar surface area (TPSA) is 189 Å². The number of nitrogen functional groups attached to an aromatic ring is 1. The Balaban J connectivity index is 1.05. The van der Waals surface area contributed by atoms with Gasteiger partial charge in [0.2, 0.25) is 0 Å². The fourth-order valence-corrected chi connectivity index (χ4v) is 8.84. The van der Waals surface area contributed by atoms with Gasteiger partial charge in [0.25, 0.3) is 11.8 Å². The van der Waals surface area contributed by atoms with Crippen LogP contribution in [0.2, 0.25) is 5.02 Å². The van der Waals surface area contributed by atoms with Crippen LogP contribution < -0.4 is 25.7 Å². The molecule has 2 atom stereocenters. The maximum atomic E-state index is 15.4. The number of likely N-dealkylation sites (tertiary alicyclic amines) is 1. The molecule has 4 N–H and O–H groups in total. The zero-order valence-electron chi connectivity index (χ0n) is 26.7. The van der Waals surface area contributed by atoms with Gasteiger partial charge in [0, 0.05) is 59.0 Å². The Morgan fingerprint density at radius 3 is 2.74 bits per heavy atom. The first-order chi connectivity index (χ1) is 24.0. The van der Waals surface area contributed by atoms with Crippen molar-refractivity contribution >= 4 is 75.0 Å². The van der Waals surface area contributed by atoms with Crippen molar-refractivity contribution in [1.29, 1.82) is 5.41 Å². The zero-order chi connectivity index (χ0) is 35.3. The molecule has 0 spiro atoms. The highest BCUT2D eigenvalue weighted by molar-refractivity contribution is 8.00. The van der Waals surface area contributed by atoms with Gasteiger partial charge in [-0.1, -0.05) is 16.8 Å². The lowest BCUT2D eigenvalue weighted by atomic mass is 10.0. The summed E-state index contributed by atoms with van der Waals surface area (Å²) in [6.07, 6.45) is 3.82. The Kier molecular flexibility index (Phi) is 9.17. The third-order valence-electron chi connectivity index (χ3n) is 9.10. The summed E-state index contributed by atoms with van der Waals surface area (Å²) in [7, 11) is 1.27. The number of nitrogens with zero attached hydrogens (tertiary/aromatic N) is 7. The van der Waals surface area contributed by atoms with Crippen molar-refractivity contribution in [2.75, 3.05) is 43.1 Å². The average molecular weight is 743 g/mol. The highest BCUT2D eigenvalue weighted by atomic mass is 35.5. The molecule has 0 bridgehead atoms. The largest absolute Gasteiger partial charge is 0.543 e. The van der Waals surface area contributed by atoms with E-state index >= 15 is 4.39 Å². The minimum absolute atomic E-state index is 0.163. The monoisotopic (exact) mass is 742 g/mol. The number of hydrogen-bond donors (Lipinski definition) is 3. The molecule has 2 saturated heterocycles. The van der Waals surface area contributed by atoms with Crippen LogP contribution in [0.3, 0.4) is 0 Å². The van der Waals surface area contributed by atoms with Gasteiger partial charge in [-0.3, -0.25) is 19.9 Å². The van der Waals surface area contributed by atoms with Gasteiger partial charge >= 0.3 is 0 Å². The molecule has 3 aromatic rings. The number of benzene rings is 1. The number of thiazole rings is 1. The number of carbonyl (C=O) groups excluding carboxylic acids is 3. The van der Waals surface area contributed by atoms with Crippen molar-refractivity contribution in [3.63, 3.8) is 0 Å². The number of nitrogens with one attached hydrogen (secondary N) is 2. The quantitative estimate of drug-likeness (QED) is 0.0868. The number of aliphatic carboxylic acids is 1. The standard InChI is InChI=1S/C31H32ClFN10O5S2/c1-48-38-23(21-15-50-31(35)36-21)27(44)37-24-28(45)43-25(30(46)47)17(14-49-29(24)43)12-41-7-4-22-40(8-9-42(22)41)13-18-19(32)10-16(11-20(18)33)26(34)39-5-2-3-6-39/h4,7,10-11,15,24,29,34H,2-3,5-6,8-9,12-14H2,1H3,(H3-,35,36,37,44,46,47)/b34-26?,38-23-/t24-,29-/m1/s1. The third-order valence-corrected chi connectivity index (χ3v) is 11.5. The average Bonchev–Trinajstić information content (AvgIpc) is 3.91. The van der Waals surface area contributed by atoms with Gasteiger partial charge in [-0.2, -0.15) is 0 Å². The maximum Gasteiger partial charge on any atom is 0.276 e. The Morgan fingerprint density at radius 1 is 1.28 bits per heavy atom. The molecule has 0 unspecified atom stereocenters. The van der Waals surface area contributed by atoms with Crippen LogP contribution in [0, 0.1) is 11.2 Å². The van der Waals surface area contributed by atoms with Gasteiger partial charge in [-0.05, 0) is 25.0 Å². The van der Waals surface area contributed by atoms with Gasteiger partial charge in [0.1, 0.15) is 35.9 Å². The molecule has 262 valence electrons. The second-order valence-electron chi connectivity index (χ2n) is 12.1. The van der Waals surface area contributed by atoms with E-state index in [1.807, 2.05) is 25.2 Å². The number of amidine groups is 1. The number of carboxylic acids is 1. The van der Waals surface area contributed by atoms with E-state index in [0.29, 0.717) is 29.8 Å². The molecular formula is C31H32ClFN10O5S2. The first-order valence-electron chi connectivity index (χ1n) is 15.7. The summed E-state index contributed by atoms with van der Waals surface area (Å²) in [5.41, 5.74) is 6.73. The number of carboxylic acid groups (broad SMARTS) is 1. The predicted octanol–water partition coefficient (Wildman–Crippen LogP) is 0.503. The number of fused-ring (bicyclic) bond motifs is 2. The van der Waals surface area contributed by atoms with Crippen LogP contribution >= 0.6 is 34.7 Å². The molecule has 0 saturated carbocycles. The number of rotatable bonds is 10. The van der Waals surface area contributed by atoms with Crippen molar-refractivity contribution in [3.8, 4) is 0 Å². The number of aromatic nitrogens is 3. The number of oxime groups is 1. The molecule has 0 aliphatic carbocycles. The number of halogens is 2. The molecule has 2 amide bonds. The fraction of sp³-hybridized carbons (Fsp3) is 0.387. The Hall–Kier alpha value is -4.68. The SMILES string of the molecule is CO/N=C(\C(=O)N[C@@H]1C(=O)N2C(C(=O)[O-])=C(C[n+]3ccc4n3CCN4Cc3c(F)cc(C(=N)N4CCCC4)cc3Cl)CS[C@H]12)c1csc(N)n1. The van der Waals surface area contributed by atoms with Gasteiger partial charge in [-0.15, -0.1) is 32.5 Å². The van der Waals surface area contributed by atoms with Gasteiger partial charge in [-0.25, -0.2) is 9.37 Å². The second-order valence-corrected chi connectivity index (χ2v) is 14.5. The number of nitrogens with two attached hydrogens (primary N) is 1. The molecular weight excluding hydrogens is 711 g/mol. The Labute approximate surface area is 298 Å². The van der Waals surface area contributed by atoms with Crippen molar-refractivity contribution in [2.45, 2.75) is 43.9 Å². The van der Waals surface area contributed by atoms with Crippen LogP contribution in [0.4, 0.5) is 15.3 Å². The first kappa shape index (κ1) is 33.8. The summed E-state index contributed by atoms with van der Waals surface area (Å²) in [6.45, 7) is 3.03. The molecule has 6 heterocycles. The number of thioether (sulfide) groups is 1. The van der Waals surface area contributed by atoms with Crippen molar-refractivity contribution in [3.05, 3.63) is 68.7 Å². The molecule has 7 rings (SSSR count). The Morgan fingerprint density at radius 2 is 2.06 bits per heavy atom. The highest BCUT2D eigenvalue weighted by Gasteiger charge is 2.53. The van der Waals surface area contributed by atoms with E-state index < -0.39 is 35.0 Å². The number of hydrogen-bond acceptors (Lipinski definition) is 12. The molecule has 19 heteroatoms. The minimum atomic E-state index is -1.50. The van der Waals surface area contributed by atoms with Gasteiger partial charge in [0.15, 0.2) is 29.4 Å². The van der Waals surface area contributed by atoms with Crippen molar-refractivity contribution in [1.82, 2.24) is 24.8 Å². The van der Waals surface area contributed by atoms with Crippen LogP contribution in [0.25, 0.3) is 0 Å². The molecule has 15 nitrogen and oxygen atoms in total. The highest BCUT2D eigenvalue weighted by Crippen LogP contribution is 2.40. The number of amides is 2. The number of anilines is 2. The van der Waals surface area contributed by atoms with E-state index in [9.17, 15) is 19.5 Å². The summed E-state index contributed by atoms with van der Waals surface area (Å²) < 4.78 is 19.2. The minimum Gasteiger partial charge on any atom is -0.543 e. The molecule has 50 heavy (non-hydrogen) atoms. The van der Waals surface area contributed by atoms with E-state index in [1.54, 1.807) is 12.3 Å². The fourth-order valence-electron chi connectivity index (χ4n) is 6.69. The molecule has 1 aromatic carbocycles. The molecule has 4 aliphatic heterocycles. The van der Waals surface area contributed by atoms with Crippen molar-refractivity contribution < 1.29 is 33.4 Å².